The summed E-state index contributed by atoms with van der Waals surface area (Å²) < 4.78 is 1.31. The molecule has 0 spiro atoms. The number of carbonyl (C=O) groups is 1. The molecule has 0 saturated carbocycles. The van der Waals surface area contributed by atoms with Crippen molar-refractivity contribution in [3.63, 3.8) is 0 Å². The van der Waals surface area contributed by atoms with Crippen LogP contribution < -0.4 is 5.56 Å². The molecule has 0 saturated heterocycles. The Labute approximate surface area is 163 Å². The molecule has 0 N–H and O–H groups in total. The average Bonchev–Trinajstić information content (AvgIpc) is 3.07. The topological polar surface area (TPSA) is 55.2 Å². The Morgan fingerprint density at radius 2 is 1.93 bits per heavy atom. The normalized spacial score (nSPS) is 11.1. The van der Waals surface area contributed by atoms with Gasteiger partial charge in [-0.15, -0.1) is 11.3 Å². The largest absolute Gasteiger partial charge is 0.336 e. The van der Waals surface area contributed by atoms with E-state index in [-0.39, 0.29) is 18.0 Å². The lowest BCUT2D eigenvalue weighted by molar-refractivity contribution is -0.132. The quantitative estimate of drug-likeness (QED) is 0.622. The van der Waals surface area contributed by atoms with E-state index in [2.05, 4.69) is 25.0 Å². The van der Waals surface area contributed by atoms with Gasteiger partial charge in [-0.05, 0) is 43.3 Å². The molecule has 2 aromatic heterocycles. The van der Waals surface area contributed by atoms with Crippen molar-refractivity contribution in [2.45, 2.75) is 46.7 Å². The number of hydrogen-bond acceptors (Lipinski definition) is 4. The predicted molar refractivity (Wildman–Crippen MR) is 110 cm³/mol. The van der Waals surface area contributed by atoms with E-state index in [9.17, 15) is 9.59 Å². The summed E-state index contributed by atoms with van der Waals surface area (Å²) in [5.41, 5.74) is 1.74. The minimum Gasteiger partial charge on any atom is -0.336 e. The summed E-state index contributed by atoms with van der Waals surface area (Å²) in [7, 11) is 0. The number of unbranched alkanes of at least 4 members (excludes halogenated alkanes) is 1. The first-order chi connectivity index (χ1) is 13.0. The van der Waals surface area contributed by atoms with E-state index in [1.807, 2.05) is 35.4 Å². The average molecular weight is 384 g/mol. The van der Waals surface area contributed by atoms with Crippen molar-refractivity contribution in [3.05, 3.63) is 62.2 Å². The van der Waals surface area contributed by atoms with Crippen molar-refractivity contribution in [2.75, 3.05) is 6.54 Å². The molecule has 0 fully saturated rings. The minimum atomic E-state index is -0.215. The molecule has 0 atom stereocenters. The molecule has 142 valence electrons. The van der Waals surface area contributed by atoms with E-state index in [0.717, 1.165) is 23.9 Å². The SMILES string of the molecule is CCCCN(Cc1sccc1C)C(=O)Cn1nc(C)c2ccccc2c1=O. The first-order valence-corrected chi connectivity index (χ1v) is 10.2. The minimum absolute atomic E-state index is 0.0291. The fourth-order valence-corrected chi connectivity index (χ4v) is 4.04. The number of hydrogen-bond donors (Lipinski definition) is 0. The van der Waals surface area contributed by atoms with Gasteiger partial charge in [0.05, 0.1) is 17.6 Å². The highest BCUT2D eigenvalue weighted by Gasteiger charge is 2.18. The highest BCUT2D eigenvalue weighted by Crippen LogP contribution is 2.19. The van der Waals surface area contributed by atoms with Crippen molar-refractivity contribution < 1.29 is 4.79 Å². The van der Waals surface area contributed by atoms with Gasteiger partial charge in [0, 0.05) is 16.8 Å². The van der Waals surface area contributed by atoms with Gasteiger partial charge in [0.15, 0.2) is 0 Å². The molecular formula is C21H25N3O2S. The Morgan fingerprint density at radius 1 is 1.19 bits per heavy atom. The number of benzene rings is 1. The molecular weight excluding hydrogens is 358 g/mol. The zero-order valence-electron chi connectivity index (χ0n) is 16.1. The number of fused-ring (bicyclic) bond motifs is 1. The van der Waals surface area contributed by atoms with Crippen molar-refractivity contribution in [3.8, 4) is 0 Å². The summed E-state index contributed by atoms with van der Waals surface area (Å²) >= 11 is 1.66. The highest BCUT2D eigenvalue weighted by atomic mass is 32.1. The Hall–Kier alpha value is -2.47. The molecule has 0 unspecified atom stereocenters. The summed E-state index contributed by atoms with van der Waals surface area (Å²) in [4.78, 5) is 28.8. The smallest absolute Gasteiger partial charge is 0.275 e. The van der Waals surface area contributed by atoms with Crippen LogP contribution in [0.4, 0.5) is 0 Å². The standard InChI is InChI=1S/C21H25N3O2S/c1-4-5-11-23(13-19-15(2)10-12-27-19)20(25)14-24-21(26)18-9-7-6-8-17(18)16(3)22-24/h6-10,12H,4-5,11,13-14H2,1-3H3. The molecule has 0 aliphatic rings. The predicted octanol–water partition coefficient (Wildman–Crippen LogP) is 3.90. The van der Waals surface area contributed by atoms with Gasteiger partial charge < -0.3 is 4.90 Å². The maximum Gasteiger partial charge on any atom is 0.275 e. The van der Waals surface area contributed by atoms with Crippen LogP contribution in [0.2, 0.25) is 0 Å². The molecule has 27 heavy (non-hydrogen) atoms. The summed E-state index contributed by atoms with van der Waals surface area (Å²) in [5, 5.41) is 7.86. The molecule has 0 bridgehead atoms. The molecule has 1 amide bonds. The third-order valence-electron chi connectivity index (χ3n) is 4.77. The van der Waals surface area contributed by atoms with Crippen LogP contribution in [-0.2, 0) is 17.9 Å². The number of rotatable bonds is 7. The Balaban J connectivity index is 1.87. The van der Waals surface area contributed by atoms with E-state index in [4.69, 9.17) is 0 Å². The summed E-state index contributed by atoms with van der Waals surface area (Å²) in [6, 6.07) is 9.47. The van der Waals surface area contributed by atoms with Crippen LogP contribution in [0.15, 0.2) is 40.5 Å². The van der Waals surface area contributed by atoms with E-state index >= 15 is 0 Å². The van der Waals surface area contributed by atoms with Crippen LogP contribution in [0.1, 0.15) is 35.9 Å². The maximum atomic E-state index is 13.0. The number of nitrogens with zero attached hydrogens (tertiary/aromatic N) is 3. The number of carbonyl (C=O) groups excluding carboxylic acids is 1. The van der Waals surface area contributed by atoms with Crippen molar-refractivity contribution in [1.29, 1.82) is 0 Å². The Morgan fingerprint density at radius 3 is 2.59 bits per heavy atom. The van der Waals surface area contributed by atoms with Gasteiger partial charge in [0.25, 0.3) is 5.56 Å². The fourth-order valence-electron chi connectivity index (χ4n) is 3.12. The van der Waals surface area contributed by atoms with Gasteiger partial charge >= 0.3 is 0 Å². The lowest BCUT2D eigenvalue weighted by Crippen LogP contribution is -2.37. The fraction of sp³-hybridized carbons (Fsp3) is 0.381. The first kappa shape index (κ1) is 19.3. The van der Waals surface area contributed by atoms with Gasteiger partial charge in [-0.3, -0.25) is 9.59 Å². The number of aromatic nitrogens is 2. The van der Waals surface area contributed by atoms with Crippen LogP contribution in [0.25, 0.3) is 10.8 Å². The van der Waals surface area contributed by atoms with Crippen LogP contribution in [0.3, 0.4) is 0 Å². The van der Waals surface area contributed by atoms with E-state index < -0.39 is 0 Å². The van der Waals surface area contributed by atoms with Crippen molar-refractivity contribution in [2.24, 2.45) is 0 Å². The van der Waals surface area contributed by atoms with Gasteiger partial charge in [-0.1, -0.05) is 31.5 Å². The summed E-state index contributed by atoms with van der Waals surface area (Å²) in [6.45, 7) is 7.29. The zero-order chi connectivity index (χ0) is 19.4. The van der Waals surface area contributed by atoms with E-state index in [1.54, 1.807) is 17.4 Å². The second kappa shape index (κ2) is 8.48. The second-order valence-electron chi connectivity index (χ2n) is 6.79. The van der Waals surface area contributed by atoms with Gasteiger partial charge in [0.2, 0.25) is 5.91 Å². The number of thiophene rings is 1. The third-order valence-corrected chi connectivity index (χ3v) is 5.78. The van der Waals surface area contributed by atoms with Crippen LogP contribution in [0.5, 0.6) is 0 Å². The van der Waals surface area contributed by atoms with Crippen LogP contribution >= 0.6 is 11.3 Å². The number of amides is 1. The van der Waals surface area contributed by atoms with Gasteiger partial charge in [-0.2, -0.15) is 5.10 Å². The van der Waals surface area contributed by atoms with Crippen molar-refractivity contribution in [1.82, 2.24) is 14.7 Å². The van der Waals surface area contributed by atoms with E-state index in [1.165, 1.54) is 15.1 Å². The number of aryl methyl sites for hydroxylation is 2. The van der Waals surface area contributed by atoms with Gasteiger partial charge in [-0.25, -0.2) is 4.68 Å². The Bertz CT molecular complexity index is 1010. The maximum absolute atomic E-state index is 13.0. The van der Waals surface area contributed by atoms with Crippen LogP contribution in [-0.4, -0.2) is 27.1 Å². The molecule has 0 radical (unpaired) electrons. The molecule has 5 nitrogen and oxygen atoms in total. The molecule has 0 aliphatic carbocycles. The first-order valence-electron chi connectivity index (χ1n) is 9.28. The molecule has 1 aromatic carbocycles. The Kier molecular flexibility index (Phi) is 6.06. The molecule has 3 aromatic rings. The molecule has 6 heteroatoms. The highest BCUT2D eigenvalue weighted by molar-refractivity contribution is 7.10. The molecule has 3 rings (SSSR count). The van der Waals surface area contributed by atoms with Gasteiger partial charge in [0.1, 0.15) is 6.54 Å². The summed E-state index contributed by atoms with van der Waals surface area (Å²) in [5.74, 6) is -0.0690. The third kappa shape index (κ3) is 4.27. The second-order valence-corrected chi connectivity index (χ2v) is 7.79. The molecule has 2 heterocycles. The lowest BCUT2D eigenvalue weighted by atomic mass is 10.1. The van der Waals surface area contributed by atoms with Crippen LogP contribution in [0, 0.1) is 13.8 Å². The monoisotopic (exact) mass is 383 g/mol. The van der Waals surface area contributed by atoms with Crippen molar-refractivity contribution >= 4 is 28.0 Å². The molecule has 0 aliphatic heterocycles. The summed E-state index contributed by atoms with van der Waals surface area (Å²) in [6.07, 6.45) is 1.95. The zero-order valence-corrected chi connectivity index (χ0v) is 16.9. The van der Waals surface area contributed by atoms with E-state index in [0.29, 0.717) is 18.5 Å². The lowest BCUT2D eigenvalue weighted by Gasteiger charge is -2.23.